The van der Waals surface area contributed by atoms with E-state index >= 15 is 0 Å². The summed E-state index contributed by atoms with van der Waals surface area (Å²) in [5.74, 6) is 1.75. The quantitative estimate of drug-likeness (QED) is 0.656. The number of nitriles is 1. The Morgan fingerprint density at radius 1 is 0.963 bits per heavy atom. The van der Waals surface area contributed by atoms with Crippen LogP contribution in [0.5, 0.6) is 5.75 Å². The number of rotatable bonds is 5. The Bertz CT molecular complexity index is 920. The van der Waals surface area contributed by atoms with Crippen molar-refractivity contribution in [2.45, 2.75) is 25.9 Å². The van der Waals surface area contributed by atoms with Crippen molar-refractivity contribution in [3.05, 3.63) is 66.2 Å². The number of anilines is 1. The molecule has 1 aliphatic rings. The lowest BCUT2D eigenvalue weighted by Crippen LogP contribution is -2.29. The van der Waals surface area contributed by atoms with Crippen molar-refractivity contribution in [2.24, 2.45) is 0 Å². The highest BCUT2D eigenvalue weighted by atomic mass is 16.5. The van der Waals surface area contributed by atoms with Gasteiger partial charge >= 0.3 is 0 Å². The van der Waals surface area contributed by atoms with Gasteiger partial charge in [0, 0.05) is 13.1 Å². The first kappa shape index (κ1) is 17.2. The first-order valence-corrected chi connectivity index (χ1v) is 9.26. The summed E-state index contributed by atoms with van der Waals surface area (Å²) < 4.78 is 11.6. The molecule has 1 saturated heterocycles. The smallest absolute Gasteiger partial charge is 0.236 e. The molecular formula is C22H21N3O2. The van der Waals surface area contributed by atoms with Crippen molar-refractivity contribution in [1.82, 2.24) is 4.98 Å². The number of oxazole rings is 1. The highest BCUT2D eigenvalue weighted by Crippen LogP contribution is 2.26. The zero-order chi connectivity index (χ0) is 18.5. The van der Waals surface area contributed by atoms with E-state index in [0.717, 1.165) is 37.2 Å². The van der Waals surface area contributed by atoms with E-state index in [-0.39, 0.29) is 6.61 Å². The molecule has 0 spiro atoms. The second kappa shape index (κ2) is 7.96. The van der Waals surface area contributed by atoms with Crippen molar-refractivity contribution in [3.8, 4) is 22.9 Å². The number of hydrogen-bond donors (Lipinski definition) is 0. The number of piperidine rings is 1. The molecule has 1 aliphatic heterocycles. The third-order valence-electron chi connectivity index (χ3n) is 4.73. The van der Waals surface area contributed by atoms with Gasteiger partial charge in [-0.05, 0) is 42.5 Å². The topological polar surface area (TPSA) is 62.3 Å². The first-order chi connectivity index (χ1) is 13.3. The lowest BCUT2D eigenvalue weighted by atomic mass is 10.1. The lowest BCUT2D eigenvalue weighted by Gasteiger charge is -2.25. The molecule has 2 aromatic carbocycles. The van der Waals surface area contributed by atoms with E-state index in [4.69, 9.17) is 9.15 Å². The molecule has 0 saturated carbocycles. The Morgan fingerprint density at radius 2 is 1.67 bits per heavy atom. The summed E-state index contributed by atoms with van der Waals surface area (Å²) in [5, 5.41) is 9.35. The van der Waals surface area contributed by atoms with Crippen LogP contribution in [0.15, 0.2) is 59.0 Å². The maximum absolute atomic E-state index is 9.35. The summed E-state index contributed by atoms with van der Waals surface area (Å²) in [6.07, 6.45) is 3.46. The van der Waals surface area contributed by atoms with Crippen LogP contribution < -0.4 is 9.64 Å². The minimum absolute atomic E-state index is 0.202. The average Bonchev–Trinajstić information content (AvgIpc) is 3.17. The Balaban J connectivity index is 1.43. The van der Waals surface area contributed by atoms with Crippen LogP contribution in [0.1, 0.15) is 30.8 Å². The van der Waals surface area contributed by atoms with Crippen LogP contribution in [0, 0.1) is 11.3 Å². The molecule has 5 heteroatoms. The van der Waals surface area contributed by atoms with Gasteiger partial charge in [-0.2, -0.15) is 10.2 Å². The number of benzene rings is 2. The third-order valence-corrected chi connectivity index (χ3v) is 4.73. The standard InChI is InChI=1S/C22H21N3O2/c23-15-20-22(25-13-5-2-6-14-25)27-21(24-20)16-26-19-11-9-18(10-12-19)17-7-3-1-4-8-17/h1,3-4,7-12H,2,5-6,13-14,16H2. The van der Waals surface area contributed by atoms with Gasteiger partial charge in [0.25, 0.3) is 0 Å². The van der Waals surface area contributed by atoms with Gasteiger partial charge in [0.15, 0.2) is 6.61 Å². The molecule has 0 N–H and O–H groups in total. The molecule has 5 nitrogen and oxygen atoms in total. The molecule has 0 aliphatic carbocycles. The monoisotopic (exact) mass is 359 g/mol. The van der Waals surface area contributed by atoms with Crippen LogP contribution in [-0.2, 0) is 6.61 Å². The fourth-order valence-corrected chi connectivity index (χ4v) is 3.32. The molecule has 4 rings (SSSR count). The van der Waals surface area contributed by atoms with E-state index in [2.05, 4.69) is 28.1 Å². The Labute approximate surface area is 158 Å². The lowest BCUT2D eigenvalue weighted by molar-refractivity contribution is 0.263. The molecule has 2 heterocycles. The van der Waals surface area contributed by atoms with Crippen LogP contribution in [0.25, 0.3) is 11.1 Å². The van der Waals surface area contributed by atoms with E-state index < -0.39 is 0 Å². The predicted molar refractivity (Wildman–Crippen MR) is 103 cm³/mol. The predicted octanol–water partition coefficient (Wildman–Crippen LogP) is 4.78. The molecule has 136 valence electrons. The van der Waals surface area contributed by atoms with Crippen molar-refractivity contribution in [2.75, 3.05) is 18.0 Å². The molecule has 27 heavy (non-hydrogen) atoms. The van der Waals surface area contributed by atoms with Gasteiger partial charge in [-0.1, -0.05) is 42.5 Å². The number of hydrogen-bond acceptors (Lipinski definition) is 5. The minimum Gasteiger partial charge on any atom is -0.484 e. The highest BCUT2D eigenvalue weighted by Gasteiger charge is 2.21. The van der Waals surface area contributed by atoms with Crippen LogP contribution in [0.2, 0.25) is 0 Å². The van der Waals surface area contributed by atoms with Crippen LogP contribution in [0.3, 0.4) is 0 Å². The van der Waals surface area contributed by atoms with Crippen molar-refractivity contribution < 1.29 is 9.15 Å². The van der Waals surface area contributed by atoms with E-state index in [9.17, 15) is 5.26 Å². The fourth-order valence-electron chi connectivity index (χ4n) is 3.32. The molecule has 0 atom stereocenters. The summed E-state index contributed by atoms with van der Waals surface area (Å²) in [4.78, 5) is 6.39. The second-order valence-corrected chi connectivity index (χ2v) is 6.60. The second-order valence-electron chi connectivity index (χ2n) is 6.60. The van der Waals surface area contributed by atoms with Gasteiger partial charge in [0.2, 0.25) is 17.5 Å². The van der Waals surface area contributed by atoms with E-state index in [0.29, 0.717) is 17.5 Å². The number of ether oxygens (including phenoxy) is 1. The maximum Gasteiger partial charge on any atom is 0.236 e. The van der Waals surface area contributed by atoms with Crippen molar-refractivity contribution >= 4 is 5.88 Å². The van der Waals surface area contributed by atoms with Gasteiger partial charge in [-0.25, -0.2) is 0 Å². The fraction of sp³-hybridized carbons (Fsp3) is 0.273. The Hall–Kier alpha value is -3.26. The average molecular weight is 359 g/mol. The minimum atomic E-state index is 0.202. The Kier molecular flexibility index (Phi) is 5.06. The highest BCUT2D eigenvalue weighted by molar-refractivity contribution is 5.63. The van der Waals surface area contributed by atoms with Crippen LogP contribution in [-0.4, -0.2) is 18.1 Å². The molecule has 0 bridgehead atoms. The van der Waals surface area contributed by atoms with E-state index in [1.54, 1.807) is 0 Å². The van der Waals surface area contributed by atoms with Gasteiger partial charge in [-0.15, -0.1) is 0 Å². The van der Waals surface area contributed by atoms with Crippen LogP contribution in [0.4, 0.5) is 5.88 Å². The summed E-state index contributed by atoms with van der Waals surface area (Å²) in [6, 6.07) is 20.3. The van der Waals surface area contributed by atoms with E-state index in [1.165, 1.54) is 12.0 Å². The van der Waals surface area contributed by atoms with E-state index in [1.807, 2.05) is 42.5 Å². The van der Waals surface area contributed by atoms with Crippen molar-refractivity contribution in [1.29, 1.82) is 5.26 Å². The Morgan fingerprint density at radius 3 is 2.37 bits per heavy atom. The molecule has 3 aromatic rings. The molecule has 1 aromatic heterocycles. The summed E-state index contributed by atoms with van der Waals surface area (Å²) in [7, 11) is 0. The first-order valence-electron chi connectivity index (χ1n) is 9.26. The largest absolute Gasteiger partial charge is 0.484 e. The molecule has 0 unspecified atom stereocenters. The van der Waals surface area contributed by atoms with Gasteiger partial charge in [-0.3, -0.25) is 0 Å². The normalized spacial score (nSPS) is 14.0. The number of nitrogens with zero attached hydrogens (tertiary/aromatic N) is 3. The summed E-state index contributed by atoms with van der Waals surface area (Å²) in [6.45, 7) is 2.02. The molecule has 0 radical (unpaired) electrons. The summed E-state index contributed by atoms with van der Waals surface area (Å²) >= 11 is 0. The zero-order valence-corrected chi connectivity index (χ0v) is 15.1. The molecular weight excluding hydrogens is 338 g/mol. The van der Waals surface area contributed by atoms with Crippen molar-refractivity contribution in [3.63, 3.8) is 0 Å². The van der Waals surface area contributed by atoms with Gasteiger partial charge in [0.1, 0.15) is 11.8 Å². The number of aromatic nitrogens is 1. The van der Waals surface area contributed by atoms with Gasteiger partial charge < -0.3 is 14.1 Å². The van der Waals surface area contributed by atoms with Crippen LogP contribution >= 0.6 is 0 Å². The molecule has 0 amide bonds. The SMILES string of the molecule is N#Cc1nc(COc2ccc(-c3ccccc3)cc2)oc1N1CCCCC1. The summed E-state index contributed by atoms with van der Waals surface area (Å²) in [5.41, 5.74) is 2.65. The maximum atomic E-state index is 9.35. The third kappa shape index (κ3) is 3.95. The van der Waals surface area contributed by atoms with Gasteiger partial charge in [0.05, 0.1) is 0 Å². The molecule has 1 fully saturated rings. The zero-order valence-electron chi connectivity index (χ0n) is 15.1.